The molecule has 0 nitrogen and oxygen atoms in total. The van der Waals surface area contributed by atoms with Gasteiger partial charge in [-0.2, -0.15) is 0 Å². The second kappa shape index (κ2) is 7.07. The molecule has 0 spiro atoms. The van der Waals surface area contributed by atoms with Gasteiger partial charge in [0.2, 0.25) is 0 Å². The Morgan fingerprint density at radius 1 is 0.833 bits per heavy atom. The van der Waals surface area contributed by atoms with Gasteiger partial charge in [0.1, 0.15) is 5.75 Å². The monoisotopic (exact) mass is 255 g/mol. The number of benzene rings is 2. The molecule has 0 amide bonds. The molecule has 0 saturated heterocycles. The molecular formula is C17H19S+. The summed E-state index contributed by atoms with van der Waals surface area (Å²) in [5, 5.41) is 0. The summed E-state index contributed by atoms with van der Waals surface area (Å²) in [6.45, 7) is 3.81. The highest BCUT2D eigenvalue weighted by Gasteiger charge is 2.23. The lowest BCUT2D eigenvalue weighted by atomic mass is 10.3. The molecule has 0 saturated carbocycles. The molecule has 0 unspecified atom stereocenters. The van der Waals surface area contributed by atoms with E-state index in [4.69, 9.17) is 0 Å². The molecule has 92 valence electrons. The van der Waals surface area contributed by atoms with Crippen molar-refractivity contribution < 1.29 is 0 Å². The maximum absolute atomic E-state index is 3.81. The summed E-state index contributed by atoms with van der Waals surface area (Å²) in [4.78, 5) is 2.88. The van der Waals surface area contributed by atoms with E-state index in [-0.39, 0.29) is 10.9 Å². The smallest absolute Gasteiger partial charge is 0.103 e. The molecule has 0 aliphatic heterocycles. The van der Waals surface area contributed by atoms with Crippen molar-refractivity contribution in [2.24, 2.45) is 0 Å². The maximum atomic E-state index is 3.81. The van der Waals surface area contributed by atoms with Crippen molar-refractivity contribution in [2.45, 2.75) is 22.6 Å². The summed E-state index contributed by atoms with van der Waals surface area (Å²) in [5.41, 5.74) is 0. The molecule has 0 bridgehead atoms. The van der Waals surface area contributed by atoms with Crippen LogP contribution in [0.3, 0.4) is 0 Å². The van der Waals surface area contributed by atoms with Crippen LogP contribution >= 0.6 is 0 Å². The number of hydrogen-bond acceptors (Lipinski definition) is 0. The number of hydrogen-bond donors (Lipinski definition) is 0. The van der Waals surface area contributed by atoms with E-state index >= 15 is 0 Å². The van der Waals surface area contributed by atoms with Gasteiger partial charge in [-0.25, -0.2) is 0 Å². The van der Waals surface area contributed by atoms with E-state index in [0.29, 0.717) is 0 Å². The fourth-order valence-corrected chi connectivity index (χ4v) is 4.08. The zero-order valence-electron chi connectivity index (χ0n) is 10.6. The van der Waals surface area contributed by atoms with Gasteiger partial charge in [-0.05, 0) is 37.1 Å². The Morgan fingerprint density at radius 3 is 1.78 bits per heavy atom. The Hall–Kier alpha value is -1.47. The molecule has 0 aliphatic rings. The highest BCUT2D eigenvalue weighted by atomic mass is 32.2. The van der Waals surface area contributed by atoms with Crippen molar-refractivity contribution in [3.63, 3.8) is 0 Å². The lowest BCUT2D eigenvalue weighted by Crippen LogP contribution is -2.08. The molecule has 0 fully saturated rings. The molecule has 0 radical (unpaired) electrons. The zero-order valence-corrected chi connectivity index (χ0v) is 11.4. The van der Waals surface area contributed by atoms with Crippen molar-refractivity contribution >= 4 is 10.9 Å². The first-order valence-corrected chi connectivity index (χ1v) is 7.73. The van der Waals surface area contributed by atoms with Crippen LogP contribution in [0.25, 0.3) is 0 Å². The predicted molar refractivity (Wildman–Crippen MR) is 81.1 cm³/mol. The van der Waals surface area contributed by atoms with E-state index in [1.165, 1.54) is 22.0 Å². The van der Waals surface area contributed by atoms with Gasteiger partial charge in [0.05, 0.1) is 10.9 Å². The van der Waals surface area contributed by atoms with Gasteiger partial charge in [-0.1, -0.05) is 42.5 Å². The van der Waals surface area contributed by atoms with Crippen LogP contribution in [0.4, 0.5) is 0 Å². The van der Waals surface area contributed by atoms with Crippen molar-refractivity contribution in [3.05, 3.63) is 73.3 Å². The fraction of sp³-hybridized carbons (Fsp3) is 0.176. The lowest BCUT2D eigenvalue weighted by Gasteiger charge is -2.07. The Bertz CT molecular complexity index is 422. The van der Waals surface area contributed by atoms with Gasteiger partial charge >= 0.3 is 0 Å². The predicted octanol–water partition coefficient (Wildman–Crippen LogP) is 4.69. The summed E-state index contributed by atoms with van der Waals surface area (Å²) in [6, 6.07) is 21.6. The summed E-state index contributed by atoms with van der Waals surface area (Å²) >= 11 is 0. The topological polar surface area (TPSA) is 0 Å². The molecular weight excluding hydrogens is 236 g/mol. The lowest BCUT2D eigenvalue weighted by molar-refractivity contribution is 0.966. The third kappa shape index (κ3) is 3.51. The van der Waals surface area contributed by atoms with Gasteiger partial charge in [0.25, 0.3) is 0 Å². The Kier molecular flexibility index (Phi) is 5.10. The van der Waals surface area contributed by atoms with Crippen LogP contribution < -0.4 is 0 Å². The second-order valence-corrected chi connectivity index (χ2v) is 6.28. The first-order valence-electron chi connectivity index (χ1n) is 6.33. The highest BCUT2D eigenvalue weighted by molar-refractivity contribution is 7.97. The molecule has 0 heterocycles. The second-order valence-electron chi connectivity index (χ2n) is 4.15. The number of unbranched alkanes of at least 4 members (excludes halogenated alkanes) is 1. The van der Waals surface area contributed by atoms with E-state index in [2.05, 4.69) is 67.2 Å². The molecule has 0 atom stereocenters. The molecule has 18 heavy (non-hydrogen) atoms. The van der Waals surface area contributed by atoms with E-state index in [1.54, 1.807) is 0 Å². The molecule has 2 aromatic rings. The maximum Gasteiger partial charge on any atom is 0.160 e. The normalized spacial score (nSPS) is 10.5. The van der Waals surface area contributed by atoms with Crippen LogP contribution in [0, 0.1) is 0 Å². The van der Waals surface area contributed by atoms with Crippen LogP contribution in [-0.2, 0) is 10.9 Å². The van der Waals surface area contributed by atoms with Gasteiger partial charge in [0, 0.05) is 0 Å². The molecule has 0 N–H and O–H groups in total. The largest absolute Gasteiger partial charge is 0.160 e. The van der Waals surface area contributed by atoms with Crippen LogP contribution in [0.2, 0.25) is 0 Å². The summed E-state index contributed by atoms with van der Waals surface area (Å²) in [6.07, 6.45) is 4.32. The Labute approximate surface area is 113 Å². The SMILES string of the molecule is C=CCCC[S+](c1ccccc1)c1ccccc1. The van der Waals surface area contributed by atoms with Gasteiger partial charge in [0.15, 0.2) is 9.79 Å². The third-order valence-corrected chi connectivity index (χ3v) is 5.19. The number of allylic oxidation sites excluding steroid dienone is 1. The van der Waals surface area contributed by atoms with E-state index in [9.17, 15) is 0 Å². The van der Waals surface area contributed by atoms with Crippen LogP contribution in [0.15, 0.2) is 83.1 Å². The summed E-state index contributed by atoms with van der Waals surface area (Å²) in [5.74, 6) is 1.21. The molecule has 2 aromatic carbocycles. The molecule has 0 aromatic heterocycles. The minimum absolute atomic E-state index is 0.199. The third-order valence-electron chi connectivity index (χ3n) is 2.81. The summed E-state index contributed by atoms with van der Waals surface area (Å²) in [7, 11) is 0.199. The average Bonchev–Trinajstić information content (AvgIpc) is 2.46. The molecule has 1 heteroatoms. The van der Waals surface area contributed by atoms with Crippen LogP contribution in [-0.4, -0.2) is 5.75 Å². The molecule has 2 rings (SSSR count). The van der Waals surface area contributed by atoms with E-state index in [0.717, 1.165) is 6.42 Å². The fourth-order valence-electron chi connectivity index (χ4n) is 1.91. The first kappa shape index (κ1) is 13.0. The van der Waals surface area contributed by atoms with Crippen LogP contribution in [0.5, 0.6) is 0 Å². The minimum Gasteiger partial charge on any atom is -0.103 e. The van der Waals surface area contributed by atoms with Gasteiger partial charge < -0.3 is 0 Å². The number of rotatable bonds is 6. The highest BCUT2D eigenvalue weighted by Crippen LogP contribution is 2.24. The molecule has 0 aliphatic carbocycles. The zero-order chi connectivity index (χ0) is 12.6. The van der Waals surface area contributed by atoms with Crippen LogP contribution in [0.1, 0.15) is 12.8 Å². The average molecular weight is 255 g/mol. The van der Waals surface area contributed by atoms with Crippen molar-refractivity contribution in [1.29, 1.82) is 0 Å². The van der Waals surface area contributed by atoms with Crippen molar-refractivity contribution in [2.75, 3.05) is 5.75 Å². The summed E-state index contributed by atoms with van der Waals surface area (Å²) < 4.78 is 0. The first-order chi connectivity index (χ1) is 8.92. The van der Waals surface area contributed by atoms with Crippen molar-refractivity contribution in [1.82, 2.24) is 0 Å². The van der Waals surface area contributed by atoms with E-state index < -0.39 is 0 Å². The Morgan fingerprint density at radius 2 is 1.33 bits per heavy atom. The van der Waals surface area contributed by atoms with Gasteiger partial charge in [-0.15, -0.1) is 6.58 Å². The van der Waals surface area contributed by atoms with Gasteiger partial charge in [-0.3, -0.25) is 0 Å². The quantitative estimate of drug-likeness (QED) is 0.399. The van der Waals surface area contributed by atoms with E-state index in [1.807, 2.05) is 6.08 Å². The Balaban J connectivity index is 2.21. The minimum atomic E-state index is 0.199. The standard InChI is InChI=1S/C17H19S/c1-2-3-10-15-18(16-11-6-4-7-12-16)17-13-8-5-9-14-17/h2,4-9,11-14H,1,3,10,15H2/q+1. The van der Waals surface area contributed by atoms with Crippen molar-refractivity contribution in [3.8, 4) is 0 Å².